The van der Waals surface area contributed by atoms with Crippen LogP contribution in [0.3, 0.4) is 0 Å². The number of nitrogens with one attached hydrogen (secondary N) is 1. The van der Waals surface area contributed by atoms with E-state index in [4.69, 9.17) is 0 Å². The molecule has 2 aromatic heterocycles. The Bertz CT molecular complexity index is 689. The molecule has 0 amide bonds. The zero-order valence-electron chi connectivity index (χ0n) is 11.7. The Hall–Kier alpha value is -1.43. The lowest BCUT2D eigenvalue weighted by atomic mass is 10.1. The van der Waals surface area contributed by atoms with E-state index in [1.54, 1.807) is 17.5 Å². The van der Waals surface area contributed by atoms with Crippen LogP contribution in [0.2, 0.25) is 0 Å². The molecule has 0 unspecified atom stereocenters. The number of imidazole rings is 1. The molecule has 3 rings (SSSR count). The predicted molar refractivity (Wildman–Crippen MR) is 90.8 cm³/mol. The largest absolute Gasteiger partial charge is 0.306 e. The molecular formula is C16H16BrN3S. The van der Waals surface area contributed by atoms with Crippen molar-refractivity contribution in [3.63, 3.8) is 0 Å². The van der Waals surface area contributed by atoms with Gasteiger partial charge in [0.2, 0.25) is 0 Å². The number of thiophene rings is 1. The van der Waals surface area contributed by atoms with E-state index in [2.05, 4.69) is 68.9 Å². The van der Waals surface area contributed by atoms with Gasteiger partial charge in [0, 0.05) is 30.7 Å². The Morgan fingerprint density at radius 1 is 1.33 bits per heavy atom. The van der Waals surface area contributed by atoms with Crippen molar-refractivity contribution in [2.24, 2.45) is 0 Å². The highest BCUT2D eigenvalue weighted by Crippen LogP contribution is 2.21. The Morgan fingerprint density at radius 3 is 2.76 bits per heavy atom. The molecule has 2 heterocycles. The van der Waals surface area contributed by atoms with Gasteiger partial charge in [-0.15, -0.1) is 11.3 Å². The summed E-state index contributed by atoms with van der Waals surface area (Å²) in [5.41, 5.74) is 3.73. The highest BCUT2D eigenvalue weighted by Gasteiger charge is 2.06. The van der Waals surface area contributed by atoms with Gasteiger partial charge in [0.15, 0.2) is 0 Å². The monoisotopic (exact) mass is 361 g/mol. The molecule has 0 spiro atoms. The fourth-order valence-corrected chi connectivity index (χ4v) is 3.38. The van der Waals surface area contributed by atoms with Crippen molar-refractivity contribution < 1.29 is 0 Å². The van der Waals surface area contributed by atoms with Gasteiger partial charge in [0.1, 0.15) is 0 Å². The molecule has 5 heteroatoms. The summed E-state index contributed by atoms with van der Waals surface area (Å²) in [6.07, 6.45) is 5.55. The van der Waals surface area contributed by atoms with Crippen LogP contribution in [-0.2, 0) is 6.54 Å². The van der Waals surface area contributed by atoms with Crippen molar-refractivity contribution in [1.82, 2.24) is 14.9 Å². The highest BCUT2D eigenvalue weighted by atomic mass is 79.9. The minimum Gasteiger partial charge on any atom is -0.306 e. The normalized spacial score (nSPS) is 12.5. The second-order valence-corrected chi connectivity index (χ2v) is 7.21. The summed E-state index contributed by atoms with van der Waals surface area (Å²) in [4.78, 5) is 4.07. The van der Waals surface area contributed by atoms with Crippen molar-refractivity contribution >= 4 is 27.3 Å². The molecule has 1 atom stereocenters. The van der Waals surface area contributed by atoms with Crippen LogP contribution in [0.4, 0.5) is 0 Å². The van der Waals surface area contributed by atoms with Crippen molar-refractivity contribution in [2.75, 3.05) is 0 Å². The SMILES string of the molecule is C[C@H](NCc1csc(Br)c1)c1ccc(-n2ccnc2)cc1. The quantitative estimate of drug-likeness (QED) is 0.722. The summed E-state index contributed by atoms with van der Waals surface area (Å²) in [6, 6.07) is 11.0. The molecule has 108 valence electrons. The first-order valence-corrected chi connectivity index (χ1v) is 8.44. The van der Waals surface area contributed by atoms with Crippen LogP contribution in [0.25, 0.3) is 5.69 Å². The molecule has 0 saturated heterocycles. The number of benzene rings is 1. The number of rotatable bonds is 5. The molecule has 0 aliphatic rings. The van der Waals surface area contributed by atoms with Crippen LogP contribution in [0.1, 0.15) is 24.1 Å². The zero-order chi connectivity index (χ0) is 14.7. The average Bonchev–Trinajstić information content (AvgIpc) is 3.16. The lowest BCUT2D eigenvalue weighted by molar-refractivity contribution is 0.575. The Balaban J connectivity index is 1.63. The van der Waals surface area contributed by atoms with Crippen molar-refractivity contribution in [1.29, 1.82) is 0 Å². The summed E-state index contributed by atoms with van der Waals surface area (Å²) in [6.45, 7) is 3.07. The van der Waals surface area contributed by atoms with Gasteiger partial charge in [-0.25, -0.2) is 4.98 Å². The van der Waals surface area contributed by atoms with Gasteiger partial charge in [-0.2, -0.15) is 0 Å². The third-order valence-electron chi connectivity index (χ3n) is 3.43. The number of halogens is 1. The van der Waals surface area contributed by atoms with Gasteiger partial charge in [0.25, 0.3) is 0 Å². The Morgan fingerprint density at radius 2 is 2.14 bits per heavy atom. The molecule has 1 aromatic carbocycles. The molecule has 0 saturated carbocycles. The maximum atomic E-state index is 4.07. The van der Waals surface area contributed by atoms with Crippen LogP contribution in [0.5, 0.6) is 0 Å². The average molecular weight is 362 g/mol. The zero-order valence-corrected chi connectivity index (χ0v) is 14.1. The number of nitrogens with zero attached hydrogens (tertiary/aromatic N) is 2. The van der Waals surface area contributed by atoms with Crippen LogP contribution < -0.4 is 5.32 Å². The van der Waals surface area contributed by atoms with Gasteiger partial charge >= 0.3 is 0 Å². The first-order valence-electron chi connectivity index (χ1n) is 6.77. The second-order valence-electron chi connectivity index (χ2n) is 4.92. The van der Waals surface area contributed by atoms with Gasteiger partial charge in [-0.1, -0.05) is 12.1 Å². The summed E-state index contributed by atoms with van der Waals surface area (Å²) in [5.74, 6) is 0. The molecule has 21 heavy (non-hydrogen) atoms. The van der Waals surface area contributed by atoms with E-state index in [1.165, 1.54) is 14.9 Å². The molecule has 3 nitrogen and oxygen atoms in total. The number of hydrogen-bond donors (Lipinski definition) is 1. The molecule has 0 fully saturated rings. The third kappa shape index (κ3) is 3.61. The number of hydrogen-bond acceptors (Lipinski definition) is 3. The van der Waals surface area contributed by atoms with E-state index in [0.717, 1.165) is 12.2 Å². The predicted octanol–water partition coefficient (Wildman–Crippen LogP) is 4.55. The summed E-state index contributed by atoms with van der Waals surface area (Å²) >= 11 is 5.21. The van der Waals surface area contributed by atoms with Gasteiger partial charge in [-0.05, 0) is 57.6 Å². The van der Waals surface area contributed by atoms with E-state index in [9.17, 15) is 0 Å². The van der Waals surface area contributed by atoms with E-state index < -0.39 is 0 Å². The summed E-state index contributed by atoms with van der Waals surface area (Å²) in [5, 5.41) is 5.72. The van der Waals surface area contributed by atoms with Crippen molar-refractivity contribution in [2.45, 2.75) is 19.5 Å². The van der Waals surface area contributed by atoms with Crippen LogP contribution >= 0.6 is 27.3 Å². The van der Waals surface area contributed by atoms with E-state index >= 15 is 0 Å². The highest BCUT2D eigenvalue weighted by molar-refractivity contribution is 9.11. The molecule has 0 aliphatic heterocycles. The smallest absolute Gasteiger partial charge is 0.0991 e. The molecule has 1 N–H and O–H groups in total. The molecule has 0 bridgehead atoms. The Kier molecular flexibility index (Phi) is 4.53. The van der Waals surface area contributed by atoms with Crippen LogP contribution in [0.15, 0.2) is 58.2 Å². The minimum absolute atomic E-state index is 0.320. The van der Waals surface area contributed by atoms with Crippen molar-refractivity contribution in [3.8, 4) is 5.69 Å². The topological polar surface area (TPSA) is 29.9 Å². The molecular weight excluding hydrogens is 346 g/mol. The second kappa shape index (κ2) is 6.56. The summed E-state index contributed by atoms with van der Waals surface area (Å²) < 4.78 is 3.18. The third-order valence-corrected chi connectivity index (χ3v) is 4.98. The maximum Gasteiger partial charge on any atom is 0.0991 e. The molecule has 0 radical (unpaired) electrons. The number of aromatic nitrogens is 2. The first-order chi connectivity index (χ1) is 10.2. The van der Waals surface area contributed by atoms with Crippen LogP contribution in [0, 0.1) is 0 Å². The van der Waals surface area contributed by atoms with E-state index in [1.807, 2.05) is 17.1 Å². The van der Waals surface area contributed by atoms with E-state index in [0.29, 0.717) is 6.04 Å². The van der Waals surface area contributed by atoms with Crippen LogP contribution in [-0.4, -0.2) is 9.55 Å². The fourth-order valence-electron chi connectivity index (χ4n) is 2.17. The van der Waals surface area contributed by atoms with Gasteiger partial charge < -0.3 is 9.88 Å². The van der Waals surface area contributed by atoms with Gasteiger partial charge in [0.05, 0.1) is 10.1 Å². The minimum atomic E-state index is 0.320. The molecule has 0 aliphatic carbocycles. The maximum absolute atomic E-state index is 4.07. The molecule has 3 aromatic rings. The lowest BCUT2D eigenvalue weighted by Gasteiger charge is -2.14. The fraction of sp³-hybridized carbons (Fsp3) is 0.188. The van der Waals surface area contributed by atoms with E-state index in [-0.39, 0.29) is 0 Å². The standard InChI is InChI=1S/C16H16BrN3S/c1-12(19-9-13-8-16(17)21-10-13)14-2-4-15(5-3-14)20-7-6-18-11-20/h2-8,10-12,19H,9H2,1H3/t12-/m0/s1. The van der Waals surface area contributed by atoms with Crippen molar-refractivity contribution in [3.05, 3.63) is 69.3 Å². The lowest BCUT2D eigenvalue weighted by Crippen LogP contribution is -2.17. The Labute approximate surface area is 136 Å². The first kappa shape index (κ1) is 14.5. The van der Waals surface area contributed by atoms with Gasteiger partial charge in [-0.3, -0.25) is 0 Å². The summed E-state index contributed by atoms with van der Waals surface area (Å²) in [7, 11) is 0.